The zero-order chi connectivity index (χ0) is 19.2. The van der Waals surface area contributed by atoms with Gasteiger partial charge in [0.05, 0.1) is 21.5 Å². The molecule has 0 bridgehead atoms. The van der Waals surface area contributed by atoms with E-state index in [4.69, 9.17) is 52.1 Å². The van der Waals surface area contributed by atoms with Crippen LogP contribution in [0.5, 0.6) is 0 Å². The SMILES string of the molecule is NC(=O)c1cc(NC(=O)C2C(c3ccc(F)c(Cl)c3)C2(Cl)Cl)ccc1Cl. The van der Waals surface area contributed by atoms with Crippen LogP contribution in [-0.4, -0.2) is 16.1 Å². The summed E-state index contributed by atoms with van der Waals surface area (Å²) in [5, 5.41) is 2.72. The van der Waals surface area contributed by atoms with Crippen molar-refractivity contribution in [2.45, 2.75) is 10.3 Å². The van der Waals surface area contributed by atoms with Crippen LogP contribution >= 0.6 is 46.4 Å². The minimum atomic E-state index is -1.36. The van der Waals surface area contributed by atoms with E-state index in [-0.39, 0.29) is 15.6 Å². The average Bonchev–Trinajstić information content (AvgIpc) is 3.14. The predicted octanol–water partition coefficient (Wildman–Crippen LogP) is 4.76. The predicted molar refractivity (Wildman–Crippen MR) is 101 cm³/mol. The Morgan fingerprint density at radius 2 is 1.77 bits per heavy atom. The summed E-state index contributed by atoms with van der Waals surface area (Å²) in [6.45, 7) is 0. The molecule has 0 radical (unpaired) electrons. The molecule has 3 N–H and O–H groups in total. The molecule has 3 rings (SSSR count). The highest BCUT2D eigenvalue weighted by Crippen LogP contribution is 2.65. The third-order valence-electron chi connectivity index (χ3n) is 4.14. The van der Waals surface area contributed by atoms with Crippen molar-refractivity contribution in [1.29, 1.82) is 0 Å². The summed E-state index contributed by atoms with van der Waals surface area (Å²) in [6.07, 6.45) is 0. The summed E-state index contributed by atoms with van der Waals surface area (Å²) < 4.78 is 12.0. The lowest BCUT2D eigenvalue weighted by atomic mass is 10.1. The molecule has 1 saturated carbocycles. The maximum absolute atomic E-state index is 13.3. The van der Waals surface area contributed by atoms with Gasteiger partial charge >= 0.3 is 0 Å². The number of hydrogen-bond donors (Lipinski definition) is 2. The zero-order valence-electron chi connectivity index (χ0n) is 12.9. The fourth-order valence-electron chi connectivity index (χ4n) is 2.79. The van der Waals surface area contributed by atoms with E-state index in [0.717, 1.165) is 0 Å². The molecule has 2 aromatic carbocycles. The highest BCUT2D eigenvalue weighted by Gasteiger charge is 2.67. The van der Waals surface area contributed by atoms with Crippen molar-refractivity contribution in [3.63, 3.8) is 0 Å². The number of carbonyl (C=O) groups excluding carboxylic acids is 2. The van der Waals surface area contributed by atoms with Crippen molar-refractivity contribution in [2.24, 2.45) is 11.7 Å². The van der Waals surface area contributed by atoms with Gasteiger partial charge in [-0.15, -0.1) is 23.2 Å². The van der Waals surface area contributed by atoms with E-state index in [9.17, 15) is 14.0 Å². The number of hydrogen-bond acceptors (Lipinski definition) is 2. The Morgan fingerprint density at radius 3 is 2.38 bits per heavy atom. The zero-order valence-corrected chi connectivity index (χ0v) is 15.9. The largest absolute Gasteiger partial charge is 0.366 e. The van der Waals surface area contributed by atoms with Gasteiger partial charge in [0, 0.05) is 11.6 Å². The number of rotatable bonds is 4. The van der Waals surface area contributed by atoms with E-state index in [1.807, 2.05) is 0 Å². The third-order valence-corrected chi connectivity index (χ3v) is 5.70. The molecule has 0 heterocycles. The standard InChI is InChI=1S/C17H11Cl4FN2O2/c18-10-3-2-8(6-9(10)15(23)25)24-16(26)14-13(17(14,20)21)7-1-4-12(22)11(19)5-7/h1-6,13-14H,(H2,23,25)(H,24,26). The average molecular weight is 436 g/mol. The smallest absolute Gasteiger partial charge is 0.250 e. The van der Waals surface area contributed by atoms with Crippen molar-refractivity contribution in [3.05, 3.63) is 63.4 Å². The van der Waals surface area contributed by atoms with Crippen LogP contribution < -0.4 is 11.1 Å². The second kappa shape index (κ2) is 6.89. The molecular formula is C17H11Cl4FN2O2. The second-order valence-electron chi connectivity index (χ2n) is 5.85. The van der Waals surface area contributed by atoms with Crippen LogP contribution in [-0.2, 0) is 4.79 Å². The van der Waals surface area contributed by atoms with Crippen molar-refractivity contribution >= 4 is 63.9 Å². The molecule has 2 atom stereocenters. The highest BCUT2D eigenvalue weighted by molar-refractivity contribution is 6.53. The molecule has 1 aliphatic rings. The van der Waals surface area contributed by atoms with Crippen LogP contribution in [0.4, 0.5) is 10.1 Å². The number of amides is 2. The van der Waals surface area contributed by atoms with E-state index in [2.05, 4.69) is 5.32 Å². The molecule has 2 aromatic rings. The third kappa shape index (κ3) is 3.49. The van der Waals surface area contributed by atoms with Gasteiger partial charge in [0.2, 0.25) is 11.8 Å². The summed E-state index contributed by atoms with van der Waals surface area (Å²) in [7, 11) is 0. The molecule has 0 saturated heterocycles. The van der Waals surface area contributed by atoms with Gasteiger partial charge in [-0.25, -0.2) is 4.39 Å². The van der Waals surface area contributed by atoms with Gasteiger partial charge in [0.1, 0.15) is 10.2 Å². The molecule has 0 spiro atoms. The molecule has 0 aromatic heterocycles. The molecule has 2 unspecified atom stereocenters. The van der Waals surface area contributed by atoms with E-state index in [1.165, 1.54) is 36.4 Å². The highest BCUT2D eigenvalue weighted by atomic mass is 35.5. The summed E-state index contributed by atoms with van der Waals surface area (Å²) in [5.41, 5.74) is 6.18. The molecule has 1 aliphatic carbocycles. The minimum Gasteiger partial charge on any atom is -0.366 e. The van der Waals surface area contributed by atoms with Crippen LogP contribution in [0.2, 0.25) is 10.0 Å². The number of benzene rings is 2. The van der Waals surface area contributed by atoms with Gasteiger partial charge in [-0.1, -0.05) is 29.3 Å². The number of primary amides is 1. The molecular weight excluding hydrogens is 425 g/mol. The lowest BCUT2D eigenvalue weighted by molar-refractivity contribution is -0.117. The van der Waals surface area contributed by atoms with Crippen molar-refractivity contribution in [1.82, 2.24) is 0 Å². The normalized spacial score (nSPS) is 20.5. The Hall–Kier alpha value is -1.53. The Morgan fingerprint density at radius 1 is 1.08 bits per heavy atom. The van der Waals surface area contributed by atoms with E-state index >= 15 is 0 Å². The number of nitrogens with one attached hydrogen (secondary N) is 1. The van der Waals surface area contributed by atoms with Gasteiger partial charge in [-0.2, -0.15) is 0 Å². The van der Waals surface area contributed by atoms with Crippen molar-refractivity contribution in [3.8, 4) is 0 Å². The quantitative estimate of drug-likeness (QED) is 0.679. The molecule has 26 heavy (non-hydrogen) atoms. The molecule has 1 fully saturated rings. The lowest BCUT2D eigenvalue weighted by Gasteiger charge is -2.07. The van der Waals surface area contributed by atoms with Gasteiger partial charge in [-0.05, 0) is 35.9 Å². The van der Waals surface area contributed by atoms with Gasteiger partial charge in [0.25, 0.3) is 0 Å². The molecule has 136 valence electrons. The number of halogens is 5. The molecule has 4 nitrogen and oxygen atoms in total. The number of anilines is 1. The minimum absolute atomic E-state index is 0.0742. The van der Waals surface area contributed by atoms with Crippen LogP contribution in [0.25, 0.3) is 0 Å². The molecule has 0 aliphatic heterocycles. The molecule has 2 amide bonds. The maximum atomic E-state index is 13.3. The Balaban J connectivity index is 1.81. The van der Waals surface area contributed by atoms with Crippen LogP contribution in [0.15, 0.2) is 36.4 Å². The number of nitrogens with two attached hydrogens (primary N) is 1. The maximum Gasteiger partial charge on any atom is 0.250 e. The van der Waals surface area contributed by atoms with E-state index in [1.54, 1.807) is 0 Å². The first kappa shape index (κ1) is 19.2. The summed E-state index contributed by atoms with van der Waals surface area (Å²) in [4.78, 5) is 23.9. The second-order valence-corrected chi connectivity index (χ2v) is 8.11. The summed E-state index contributed by atoms with van der Waals surface area (Å²) in [6, 6.07) is 8.37. The Bertz CT molecular complexity index is 920. The van der Waals surface area contributed by atoms with Crippen LogP contribution in [0, 0.1) is 11.7 Å². The van der Waals surface area contributed by atoms with Crippen LogP contribution in [0.3, 0.4) is 0 Å². The van der Waals surface area contributed by atoms with Gasteiger partial charge in [-0.3, -0.25) is 9.59 Å². The Labute approximate surface area is 168 Å². The Kier molecular flexibility index (Phi) is 5.10. The summed E-state index contributed by atoms with van der Waals surface area (Å²) in [5.74, 6) is -3.09. The summed E-state index contributed by atoms with van der Waals surface area (Å²) >= 11 is 24.1. The van der Waals surface area contributed by atoms with Gasteiger partial charge < -0.3 is 11.1 Å². The number of alkyl halides is 2. The van der Waals surface area contributed by atoms with Gasteiger partial charge in [0.15, 0.2) is 0 Å². The fourth-order valence-corrected chi connectivity index (χ4v) is 4.01. The van der Waals surface area contributed by atoms with Crippen molar-refractivity contribution in [2.75, 3.05) is 5.32 Å². The van der Waals surface area contributed by atoms with Crippen molar-refractivity contribution < 1.29 is 14.0 Å². The first-order valence-corrected chi connectivity index (χ1v) is 8.87. The first-order valence-electron chi connectivity index (χ1n) is 7.36. The first-order chi connectivity index (χ1) is 12.1. The monoisotopic (exact) mass is 434 g/mol. The molecule has 9 heteroatoms. The topological polar surface area (TPSA) is 72.2 Å². The fraction of sp³-hybridized carbons (Fsp3) is 0.176. The van der Waals surface area contributed by atoms with E-state index < -0.39 is 33.8 Å². The lowest BCUT2D eigenvalue weighted by Crippen LogP contribution is -2.18. The number of carbonyl (C=O) groups is 2. The van der Waals surface area contributed by atoms with E-state index in [0.29, 0.717) is 11.3 Å². The van der Waals surface area contributed by atoms with Crippen LogP contribution in [0.1, 0.15) is 21.8 Å².